The van der Waals surface area contributed by atoms with Crippen molar-refractivity contribution in [2.45, 2.75) is 0 Å². The SMILES string of the molecule is COc1cc(OC)c([P-]c2c(OC)cc(OC)cc2OC)c(OC)c1.[Na+]. The van der Waals surface area contributed by atoms with Gasteiger partial charge in [0.1, 0.15) is 11.5 Å². The van der Waals surface area contributed by atoms with Crippen molar-refractivity contribution in [3.8, 4) is 34.5 Å². The molecule has 2 rings (SSSR count). The summed E-state index contributed by atoms with van der Waals surface area (Å²) in [5.74, 6) is 3.91. The van der Waals surface area contributed by atoms with Gasteiger partial charge in [-0.3, -0.25) is 0 Å². The molecule has 136 valence electrons. The molecule has 0 atom stereocenters. The Hall–Kier alpha value is -1.33. The van der Waals surface area contributed by atoms with E-state index in [4.69, 9.17) is 28.4 Å². The zero-order valence-corrected chi connectivity index (χ0v) is 19.1. The van der Waals surface area contributed by atoms with E-state index in [9.17, 15) is 0 Å². The minimum Gasteiger partial charge on any atom is -0.499 e. The van der Waals surface area contributed by atoms with E-state index < -0.39 is 0 Å². The number of hydrogen-bond donors (Lipinski definition) is 0. The fraction of sp³-hybridized carbons (Fsp3) is 0.333. The number of ether oxygens (including phenoxy) is 6. The fourth-order valence-corrected chi connectivity index (χ4v) is 3.59. The fourth-order valence-electron chi connectivity index (χ4n) is 2.31. The minimum absolute atomic E-state index is 0. The van der Waals surface area contributed by atoms with Gasteiger partial charge in [0.2, 0.25) is 0 Å². The van der Waals surface area contributed by atoms with Gasteiger partial charge >= 0.3 is 29.6 Å². The van der Waals surface area contributed by atoms with Gasteiger partial charge in [-0.05, 0) is 0 Å². The molecule has 0 heterocycles. The minimum atomic E-state index is 0. The molecule has 0 aliphatic heterocycles. The molecule has 0 saturated heterocycles. The Bertz CT molecular complexity index is 626. The summed E-state index contributed by atoms with van der Waals surface area (Å²) in [4.78, 5) is 0. The topological polar surface area (TPSA) is 55.4 Å². The van der Waals surface area contributed by atoms with E-state index in [2.05, 4.69) is 0 Å². The first-order chi connectivity index (χ1) is 12.1. The Morgan fingerprint density at radius 3 is 0.962 bits per heavy atom. The first-order valence-corrected chi connectivity index (χ1v) is 8.33. The maximum Gasteiger partial charge on any atom is 1.00 e. The van der Waals surface area contributed by atoms with E-state index in [0.717, 1.165) is 19.2 Å². The molecule has 0 saturated carbocycles. The van der Waals surface area contributed by atoms with Crippen LogP contribution in [-0.4, -0.2) is 42.7 Å². The number of rotatable bonds is 8. The first kappa shape index (κ1) is 22.7. The average molecular weight is 388 g/mol. The molecule has 0 bridgehead atoms. The van der Waals surface area contributed by atoms with Crippen LogP contribution in [0, 0.1) is 0 Å². The Morgan fingerprint density at radius 2 is 0.769 bits per heavy atom. The normalized spacial score (nSPS) is 9.77. The summed E-state index contributed by atoms with van der Waals surface area (Å²) in [6.45, 7) is 0. The zero-order chi connectivity index (χ0) is 18.4. The molecule has 0 spiro atoms. The maximum atomic E-state index is 5.52. The van der Waals surface area contributed by atoms with Gasteiger partial charge in [-0.25, -0.2) is 0 Å². The van der Waals surface area contributed by atoms with Gasteiger partial charge in [-0.15, -0.1) is 10.6 Å². The molecule has 0 aliphatic carbocycles. The van der Waals surface area contributed by atoms with Crippen molar-refractivity contribution in [1.29, 1.82) is 0 Å². The van der Waals surface area contributed by atoms with Crippen LogP contribution in [0.3, 0.4) is 0 Å². The molecule has 0 amide bonds. The van der Waals surface area contributed by atoms with Crippen molar-refractivity contribution in [3.63, 3.8) is 0 Å². The van der Waals surface area contributed by atoms with Crippen molar-refractivity contribution in [1.82, 2.24) is 0 Å². The van der Waals surface area contributed by atoms with Crippen LogP contribution in [0.1, 0.15) is 0 Å². The molecule has 0 N–H and O–H groups in total. The molecule has 26 heavy (non-hydrogen) atoms. The van der Waals surface area contributed by atoms with Gasteiger partial charge in [-0.1, -0.05) is 0 Å². The second-order valence-electron chi connectivity index (χ2n) is 4.87. The molecule has 8 heteroatoms. The second kappa shape index (κ2) is 10.7. The smallest absolute Gasteiger partial charge is 0.499 e. The Labute approximate surface area is 178 Å². The predicted molar refractivity (Wildman–Crippen MR) is 98.4 cm³/mol. The molecule has 0 radical (unpaired) electrons. The maximum absolute atomic E-state index is 5.52. The molecule has 0 fully saturated rings. The number of methoxy groups -OCH3 is 6. The predicted octanol–water partition coefficient (Wildman–Crippen LogP) is -0.361. The molecular formula is C18H22NaO6P. The van der Waals surface area contributed by atoms with E-state index in [1.807, 2.05) is 24.3 Å². The second-order valence-corrected chi connectivity index (χ2v) is 5.99. The van der Waals surface area contributed by atoms with Crippen LogP contribution in [0.2, 0.25) is 0 Å². The molecule has 6 nitrogen and oxygen atoms in total. The van der Waals surface area contributed by atoms with Gasteiger partial charge in [-0.2, -0.15) is 0 Å². The van der Waals surface area contributed by atoms with E-state index in [1.54, 1.807) is 42.7 Å². The summed E-state index contributed by atoms with van der Waals surface area (Å²) >= 11 is 0. The van der Waals surface area contributed by atoms with Crippen LogP contribution in [0.25, 0.3) is 0 Å². The van der Waals surface area contributed by atoms with Crippen molar-refractivity contribution in [2.75, 3.05) is 42.7 Å². The van der Waals surface area contributed by atoms with Crippen LogP contribution in [-0.2, 0) is 0 Å². The number of hydrogen-bond acceptors (Lipinski definition) is 6. The Balaban J connectivity index is 0.00000338. The van der Waals surface area contributed by atoms with E-state index in [1.165, 1.54) is 0 Å². The number of benzene rings is 2. The van der Waals surface area contributed by atoms with Gasteiger partial charge in [0, 0.05) is 24.3 Å². The van der Waals surface area contributed by atoms with Crippen LogP contribution < -0.4 is 68.6 Å². The van der Waals surface area contributed by atoms with Crippen LogP contribution in [0.15, 0.2) is 24.3 Å². The first-order valence-electron chi connectivity index (χ1n) is 7.43. The average Bonchev–Trinajstić information content (AvgIpc) is 2.67. The molecule has 2 aromatic rings. The van der Waals surface area contributed by atoms with Gasteiger partial charge in [0.15, 0.2) is 0 Å². The van der Waals surface area contributed by atoms with Crippen molar-refractivity contribution in [3.05, 3.63) is 24.3 Å². The van der Waals surface area contributed by atoms with E-state index in [0.29, 0.717) is 34.5 Å². The Morgan fingerprint density at radius 1 is 0.500 bits per heavy atom. The monoisotopic (exact) mass is 388 g/mol. The third kappa shape index (κ3) is 4.89. The summed E-state index contributed by atoms with van der Waals surface area (Å²) < 4.78 is 32.7. The van der Waals surface area contributed by atoms with E-state index >= 15 is 0 Å². The van der Waals surface area contributed by atoms with Gasteiger partial charge < -0.3 is 37.0 Å². The molecule has 0 aliphatic rings. The summed E-state index contributed by atoms with van der Waals surface area (Å²) in [6.07, 6.45) is 0. The summed E-state index contributed by atoms with van der Waals surface area (Å²) in [7, 11) is 10.4. The van der Waals surface area contributed by atoms with Gasteiger partial charge in [0.05, 0.1) is 65.7 Å². The summed E-state index contributed by atoms with van der Waals surface area (Å²) in [5.41, 5.74) is 0. The quantitative estimate of drug-likeness (QED) is 0.455. The van der Waals surface area contributed by atoms with Crippen molar-refractivity contribution < 1.29 is 58.0 Å². The molecule has 0 aromatic heterocycles. The molecule has 2 aromatic carbocycles. The molecule has 0 unspecified atom stereocenters. The van der Waals surface area contributed by atoms with Crippen LogP contribution in [0.4, 0.5) is 0 Å². The van der Waals surface area contributed by atoms with Crippen molar-refractivity contribution in [2.24, 2.45) is 0 Å². The van der Waals surface area contributed by atoms with Crippen molar-refractivity contribution >= 4 is 19.2 Å². The largest absolute Gasteiger partial charge is 1.00 e. The summed E-state index contributed by atoms with van der Waals surface area (Å²) in [6, 6.07) is 7.25. The molecular weight excluding hydrogens is 366 g/mol. The zero-order valence-electron chi connectivity index (χ0n) is 16.2. The Kier molecular flexibility index (Phi) is 9.37. The van der Waals surface area contributed by atoms with Crippen LogP contribution >= 0.6 is 8.58 Å². The standard InChI is InChI=1S/C18H22O6P.Na/c1-19-11-7-13(21-3)17(14(8-11)22-4)25-18-15(23-5)9-12(20-2)10-16(18)24-6;/h7-10H,1-6H3;/q-1;+1. The van der Waals surface area contributed by atoms with E-state index in [-0.39, 0.29) is 29.6 Å². The van der Waals surface area contributed by atoms with Crippen LogP contribution in [0.5, 0.6) is 34.5 Å². The third-order valence-electron chi connectivity index (χ3n) is 3.60. The third-order valence-corrected chi connectivity index (χ3v) is 4.93. The van der Waals surface area contributed by atoms with Gasteiger partial charge in [0.25, 0.3) is 0 Å². The summed E-state index contributed by atoms with van der Waals surface area (Å²) in [5, 5.41) is 1.68.